The molecular formula is C18H23NO4. The third-order valence-electron chi connectivity index (χ3n) is 4.98. The van der Waals surface area contributed by atoms with Crippen molar-refractivity contribution >= 4 is 11.9 Å². The molecule has 1 fully saturated rings. The van der Waals surface area contributed by atoms with Gasteiger partial charge in [-0.05, 0) is 30.4 Å². The lowest BCUT2D eigenvalue weighted by Crippen LogP contribution is -2.50. The van der Waals surface area contributed by atoms with Crippen molar-refractivity contribution < 1.29 is 19.4 Å². The molecule has 1 unspecified atom stereocenters. The van der Waals surface area contributed by atoms with E-state index in [-0.39, 0.29) is 18.4 Å². The van der Waals surface area contributed by atoms with E-state index in [1.165, 1.54) is 11.1 Å². The maximum absolute atomic E-state index is 11.9. The second-order valence-corrected chi connectivity index (χ2v) is 6.43. The van der Waals surface area contributed by atoms with Crippen molar-refractivity contribution in [1.82, 2.24) is 4.90 Å². The van der Waals surface area contributed by atoms with E-state index in [9.17, 15) is 9.59 Å². The van der Waals surface area contributed by atoms with Gasteiger partial charge in [0.05, 0.1) is 18.1 Å². The molecule has 1 spiro atoms. The normalized spacial score (nSPS) is 22.7. The van der Waals surface area contributed by atoms with Crippen LogP contribution in [0.25, 0.3) is 0 Å². The number of carbonyl (C=O) groups excluding carboxylic acids is 1. The van der Waals surface area contributed by atoms with Crippen LogP contribution in [0.5, 0.6) is 0 Å². The Labute approximate surface area is 136 Å². The molecule has 2 aliphatic rings. The van der Waals surface area contributed by atoms with Gasteiger partial charge in [-0.2, -0.15) is 0 Å². The molecule has 0 saturated carbocycles. The molecule has 124 valence electrons. The van der Waals surface area contributed by atoms with Crippen LogP contribution < -0.4 is 0 Å². The van der Waals surface area contributed by atoms with Crippen molar-refractivity contribution in [3.8, 4) is 0 Å². The van der Waals surface area contributed by atoms with Crippen molar-refractivity contribution in [3.05, 3.63) is 35.4 Å². The Morgan fingerprint density at radius 2 is 2.00 bits per heavy atom. The Morgan fingerprint density at radius 1 is 1.30 bits per heavy atom. The molecule has 23 heavy (non-hydrogen) atoms. The van der Waals surface area contributed by atoms with Crippen LogP contribution in [0.3, 0.4) is 0 Å². The second-order valence-electron chi connectivity index (χ2n) is 6.43. The lowest BCUT2D eigenvalue weighted by atomic mass is 9.78. The smallest absolute Gasteiger partial charge is 0.305 e. The average molecular weight is 317 g/mol. The molecule has 2 heterocycles. The fourth-order valence-corrected chi connectivity index (χ4v) is 3.85. The first-order chi connectivity index (χ1) is 11.0. The number of nitrogens with zero attached hydrogens (tertiary/aromatic N) is 1. The molecule has 0 bridgehead atoms. The molecule has 0 aliphatic carbocycles. The van der Waals surface area contributed by atoms with E-state index in [1.807, 2.05) is 24.0 Å². The molecule has 1 N–H and O–H groups in total. The molecule has 0 radical (unpaired) electrons. The summed E-state index contributed by atoms with van der Waals surface area (Å²) in [7, 11) is 0. The number of fused-ring (bicyclic) bond motifs is 2. The van der Waals surface area contributed by atoms with Crippen LogP contribution >= 0.6 is 0 Å². The standard InChI is InChI=1S/C18H23NO4/c1-2-16(20)19-9-7-18(8-10-19)15-6-4-3-5-13(15)11-14(23-18)12-17(21)22/h3-6,14H,2,7-12H2,1H3,(H,21,22). The summed E-state index contributed by atoms with van der Waals surface area (Å²) in [6.07, 6.45) is 2.34. The van der Waals surface area contributed by atoms with Crippen molar-refractivity contribution in [3.63, 3.8) is 0 Å². The van der Waals surface area contributed by atoms with E-state index in [0.717, 1.165) is 12.8 Å². The van der Waals surface area contributed by atoms with E-state index in [0.29, 0.717) is 25.9 Å². The first-order valence-corrected chi connectivity index (χ1v) is 8.30. The van der Waals surface area contributed by atoms with Gasteiger partial charge in [-0.15, -0.1) is 0 Å². The van der Waals surface area contributed by atoms with E-state index >= 15 is 0 Å². The molecule has 1 saturated heterocycles. The second kappa shape index (κ2) is 6.32. The molecule has 1 amide bonds. The number of carbonyl (C=O) groups is 2. The highest BCUT2D eigenvalue weighted by Gasteiger charge is 2.44. The maximum Gasteiger partial charge on any atom is 0.305 e. The maximum atomic E-state index is 11.9. The predicted octanol–water partition coefficient (Wildman–Crippen LogP) is 2.33. The molecule has 3 rings (SSSR count). The van der Waals surface area contributed by atoms with Crippen molar-refractivity contribution in [2.75, 3.05) is 13.1 Å². The molecular weight excluding hydrogens is 294 g/mol. The van der Waals surface area contributed by atoms with Crippen LogP contribution in [0.4, 0.5) is 0 Å². The molecule has 2 aliphatic heterocycles. The van der Waals surface area contributed by atoms with E-state index < -0.39 is 11.6 Å². The van der Waals surface area contributed by atoms with Gasteiger partial charge in [0.25, 0.3) is 0 Å². The monoisotopic (exact) mass is 317 g/mol. The largest absolute Gasteiger partial charge is 0.481 e. The van der Waals surface area contributed by atoms with Gasteiger partial charge in [-0.25, -0.2) is 0 Å². The fraction of sp³-hybridized carbons (Fsp3) is 0.556. The summed E-state index contributed by atoms with van der Waals surface area (Å²) in [6.45, 7) is 3.21. The van der Waals surface area contributed by atoms with E-state index in [4.69, 9.17) is 9.84 Å². The predicted molar refractivity (Wildman–Crippen MR) is 85.1 cm³/mol. The van der Waals surface area contributed by atoms with Gasteiger partial charge in [0.2, 0.25) is 5.91 Å². The van der Waals surface area contributed by atoms with Crippen LogP contribution in [0, 0.1) is 0 Å². The number of carboxylic acids is 1. The SMILES string of the molecule is CCC(=O)N1CCC2(CC1)OC(CC(=O)O)Cc1ccccc12. The summed E-state index contributed by atoms with van der Waals surface area (Å²) >= 11 is 0. The number of carboxylic acid groups (broad SMARTS) is 1. The topological polar surface area (TPSA) is 66.8 Å². The highest BCUT2D eigenvalue weighted by molar-refractivity contribution is 5.76. The summed E-state index contributed by atoms with van der Waals surface area (Å²) in [4.78, 5) is 24.9. The summed E-state index contributed by atoms with van der Waals surface area (Å²) < 4.78 is 6.30. The number of ether oxygens (including phenoxy) is 1. The lowest BCUT2D eigenvalue weighted by molar-refractivity contribution is -0.161. The molecule has 0 aromatic heterocycles. The van der Waals surface area contributed by atoms with Gasteiger partial charge in [0.15, 0.2) is 0 Å². The lowest BCUT2D eigenvalue weighted by Gasteiger charge is -2.47. The summed E-state index contributed by atoms with van der Waals surface area (Å²) in [5.41, 5.74) is 1.91. The number of aliphatic carboxylic acids is 1. The highest BCUT2D eigenvalue weighted by Crippen LogP contribution is 2.43. The Bertz CT molecular complexity index is 605. The Kier molecular flexibility index (Phi) is 4.39. The van der Waals surface area contributed by atoms with Crippen molar-refractivity contribution in [2.45, 2.75) is 50.7 Å². The molecule has 5 heteroatoms. The van der Waals surface area contributed by atoms with Crippen LogP contribution in [-0.4, -0.2) is 41.1 Å². The zero-order valence-corrected chi connectivity index (χ0v) is 13.5. The van der Waals surface area contributed by atoms with Gasteiger partial charge in [0, 0.05) is 19.5 Å². The first kappa shape index (κ1) is 16.0. The molecule has 1 atom stereocenters. The number of hydrogen-bond donors (Lipinski definition) is 1. The third kappa shape index (κ3) is 3.11. The third-order valence-corrected chi connectivity index (χ3v) is 4.98. The van der Waals surface area contributed by atoms with Gasteiger partial charge in [-0.3, -0.25) is 9.59 Å². The van der Waals surface area contributed by atoms with Crippen LogP contribution in [0.15, 0.2) is 24.3 Å². The molecule has 1 aromatic carbocycles. The molecule has 5 nitrogen and oxygen atoms in total. The zero-order valence-electron chi connectivity index (χ0n) is 13.5. The number of likely N-dealkylation sites (tertiary alicyclic amines) is 1. The minimum atomic E-state index is -0.830. The number of piperidine rings is 1. The summed E-state index contributed by atoms with van der Waals surface area (Å²) in [5.74, 6) is -0.658. The number of rotatable bonds is 3. The number of hydrogen-bond acceptors (Lipinski definition) is 3. The Morgan fingerprint density at radius 3 is 2.65 bits per heavy atom. The summed E-state index contributed by atoms with van der Waals surface area (Å²) in [5, 5.41) is 9.11. The summed E-state index contributed by atoms with van der Waals surface area (Å²) in [6, 6.07) is 8.15. The number of benzene rings is 1. The van der Waals surface area contributed by atoms with E-state index in [1.54, 1.807) is 0 Å². The first-order valence-electron chi connectivity index (χ1n) is 8.30. The quantitative estimate of drug-likeness (QED) is 0.929. The van der Waals surface area contributed by atoms with Crippen LogP contribution in [0.1, 0.15) is 43.7 Å². The fourth-order valence-electron chi connectivity index (χ4n) is 3.85. The average Bonchev–Trinajstić information content (AvgIpc) is 2.54. The van der Waals surface area contributed by atoms with Gasteiger partial charge >= 0.3 is 5.97 Å². The van der Waals surface area contributed by atoms with Gasteiger partial charge in [-0.1, -0.05) is 31.2 Å². The highest BCUT2D eigenvalue weighted by atomic mass is 16.5. The number of amides is 1. The van der Waals surface area contributed by atoms with Crippen LogP contribution in [0.2, 0.25) is 0 Å². The zero-order chi connectivity index (χ0) is 16.4. The van der Waals surface area contributed by atoms with Crippen LogP contribution in [-0.2, 0) is 26.3 Å². The van der Waals surface area contributed by atoms with Crippen molar-refractivity contribution in [1.29, 1.82) is 0 Å². The molecule has 1 aromatic rings. The Hall–Kier alpha value is -1.88. The van der Waals surface area contributed by atoms with Crippen molar-refractivity contribution in [2.24, 2.45) is 0 Å². The van der Waals surface area contributed by atoms with E-state index in [2.05, 4.69) is 12.1 Å². The Balaban J connectivity index is 1.85. The minimum Gasteiger partial charge on any atom is -0.481 e. The van der Waals surface area contributed by atoms with Gasteiger partial charge in [0.1, 0.15) is 0 Å². The van der Waals surface area contributed by atoms with Gasteiger partial charge < -0.3 is 14.7 Å². The minimum absolute atomic E-state index is 0.0215.